The van der Waals surface area contributed by atoms with Crippen molar-refractivity contribution in [3.8, 4) is 0 Å². The molecule has 0 aromatic rings. The van der Waals surface area contributed by atoms with Crippen LogP contribution in [-0.4, -0.2) is 44.8 Å². The lowest BCUT2D eigenvalue weighted by Crippen LogP contribution is -2.38. The average Bonchev–Trinajstić information content (AvgIpc) is 2.74. The van der Waals surface area contributed by atoms with Gasteiger partial charge in [0.25, 0.3) is 0 Å². The van der Waals surface area contributed by atoms with Crippen LogP contribution in [0.25, 0.3) is 0 Å². The smallest absolute Gasteiger partial charge is 0.159 e. The maximum atomic E-state index is 5.64. The van der Waals surface area contributed by atoms with Gasteiger partial charge in [-0.1, -0.05) is 6.92 Å². The van der Waals surface area contributed by atoms with E-state index in [2.05, 4.69) is 26.1 Å². The molecule has 4 nitrogen and oxygen atoms in total. The SMILES string of the molecule is CCCNC(COC(C)C)CC1OCCO1. The maximum Gasteiger partial charge on any atom is 0.159 e. The predicted molar refractivity (Wildman–Crippen MR) is 63.5 cm³/mol. The minimum absolute atomic E-state index is 0.0508. The highest BCUT2D eigenvalue weighted by Crippen LogP contribution is 2.11. The predicted octanol–water partition coefficient (Wildman–Crippen LogP) is 1.54. The second-order valence-electron chi connectivity index (χ2n) is 4.44. The van der Waals surface area contributed by atoms with E-state index in [9.17, 15) is 0 Å². The molecule has 1 unspecified atom stereocenters. The summed E-state index contributed by atoms with van der Waals surface area (Å²) in [7, 11) is 0. The molecule has 1 aliphatic heterocycles. The first-order valence-corrected chi connectivity index (χ1v) is 6.30. The van der Waals surface area contributed by atoms with Gasteiger partial charge < -0.3 is 19.5 Å². The highest BCUT2D eigenvalue weighted by atomic mass is 16.7. The van der Waals surface area contributed by atoms with Gasteiger partial charge in [-0.3, -0.25) is 0 Å². The molecule has 0 radical (unpaired) electrons. The molecule has 1 aliphatic rings. The second-order valence-corrected chi connectivity index (χ2v) is 4.44. The molecule has 0 bridgehead atoms. The molecule has 4 heteroatoms. The van der Waals surface area contributed by atoms with Gasteiger partial charge in [-0.05, 0) is 26.8 Å². The van der Waals surface area contributed by atoms with E-state index >= 15 is 0 Å². The van der Waals surface area contributed by atoms with E-state index in [0.717, 1.165) is 39.2 Å². The van der Waals surface area contributed by atoms with E-state index in [1.807, 2.05) is 0 Å². The fraction of sp³-hybridized carbons (Fsp3) is 1.00. The summed E-state index contributed by atoms with van der Waals surface area (Å²) in [6.45, 7) is 9.45. The third-order valence-corrected chi connectivity index (χ3v) is 2.48. The standard InChI is InChI=1S/C12H25NO3/c1-4-5-13-11(9-16-10(2)3)8-12-14-6-7-15-12/h10-13H,4-9H2,1-3H3. The van der Waals surface area contributed by atoms with Crippen molar-refractivity contribution in [3.05, 3.63) is 0 Å². The van der Waals surface area contributed by atoms with Gasteiger partial charge in [0.15, 0.2) is 6.29 Å². The molecule has 1 fully saturated rings. The fourth-order valence-corrected chi connectivity index (χ4v) is 1.64. The van der Waals surface area contributed by atoms with E-state index in [4.69, 9.17) is 14.2 Å². The van der Waals surface area contributed by atoms with Crippen LogP contribution in [0.1, 0.15) is 33.6 Å². The number of ether oxygens (including phenoxy) is 3. The van der Waals surface area contributed by atoms with Crippen molar-refractivity contribution in [2.24, 2.45) is 0 Å². The van der Waals surface area contributed by atoms with Crippen LogP contribution in [0.3, 0.4) is 0 Å². The number of hydrogen-bond donors (Lipinski definition) is 1. The summed E-state index contributed by atoms with van der Waals surface area (Å²) in [5.41, 5.74) is 0. The summed E-state index contributed by atoms with van der Waals surface area (Å²) >= 11 is 0. The molecule has 0 spiro atoms. The molecule has 1 N–H and O–H groups in total. The largest absolute Gasteiger partial charge is 0.377 e. The van der Waals surface area contributed by atoms with E-state index in [1.54, 1.807) is 0 Å². The lowest BCUT2D eigenvalue weighted by molar-refractivity contribution is -0.0609. The number of rotatable bonds is 8. The molecule has 0 aromatic heterocycles. The normalized spacial score (nSPS) is 19.5. The lowest BCUT2D eigenvalue weighted by atomic mass is 10.2. The highest BCUT2D eigenvalue weighted by Gasteiger charge is 2.21. The van der Waals surface area contributed by atoms with Crippen molar-refractivity contribution >= 4 is 0 Å². The van der Waals surface area contributed by atoms with Gasteiger partial charge in [0.1, 0.15) is 0 Å². The lowest BCUT2D eigenvalue weighted by Gasteiger charge is -2.22. The maximum absolute atomic E-state index is 5.64. The molecule has 1 atom stereocenters. The van der Waals surface area contributed by atoms with Gasteiger partial charge in [0, 0.05) is 12.5 Å². The molecule has 16 heavy (non-hydrogen) atoms. The topological polar surface area (TPSA) is 39.7 Å². The van der Waals surface area contributed by atoms with Crippen LogP contribution in [0.4, 0.5) is 0 Å². The quantitative estimate of drug-likeness (QED) is 0.688. The molecule has 96 valence electrons. The molecular formula is C12H25NO3. The fourth-order valence-electron chi connectivity index (χ4n) is 1.64. The van der Waals surface area contributed by atoms with Gasteiger partial charge in [0.2, 0.25) is 0 Å². The zero-order chi connectivity index (χ0) is 11.8. The van der Waals surface area contributed by atoms with Crippen LogP contribution in [0.15, 0.2) is 0 Å². The third kappa shape index (κ3) is 5.80. The van der Waals surface area contributed by atoms with Gasteiger partial charge in [-0.15, -0.1) is 0 Å². The molecule has 0 saturated carbocycles. The molecule has 1 heterocycles. The van der Waals surface area contributed by atoms with Crippen LogP contribution in [0.2, 0.25) is 0 Å². The summed E-state index contributed by atoms with van der Waals surface area (Å²) in [6.07, 6.45) is 2.22. The Labute approximate surface area is 98.6 Å². The minimum atomic E-state index is -0.0508. The van der Waals surface area contributed by atoms with Crippen LogP contribution < -0.4 is 5.32 Å². The summed E-state index contributed by atoms with van der Waals surface area (Å²) < 4.78 is 16.5. The molecule has 1 rings (SSSR count). The van der Waals surface area contributed by atoms with Crippen molar-refractivity contribution < 1.29 is 14.2 Å². The van der Waals surface area contributed by atoms with Crippen LogP contribution in [0, 0.1) is 0 Å². The van der Waals surface area contributed by atoms with Crippen molar-refractivity contribution in [3.63, 3.8) is 0 Å². The Morgan fingerprint density at radius 2 is 2.00 bits per heavy atom. The Hall–Kier alpha value is -0.160. The Kier molecular flexibility index (Phi) is 6.96. The summed E-state index contributed by atoms with van der Waals surface area (Å²) in [5.74, 6) is 0. The average molecular weight is 231 g/mol. The zero-order valence-corrected chi connectivity index (χ0v) is 10.7. The Morgan fingerprint density at radius 3 is 2.56 bits per heavy atom. The second kappa shape index (κ2) is 8.01. The number of hydrogen-bond acceptors (Lipinski definition) is 4. The van der Waals surface area contributed by atoms with E-state index in [0.29, 0.717) is 6.04 Å². The molecule has 0 aromatic carbocycles. The monoisotopic (exact) mass is 231 g/mol. The van der Waals surface area contributed by atoms with Crippen molar-refractivity contribution in [2.75, 3.05) is 26.4 Å². The van der Waals surface area contributed by atoms with Crippen LogP contribution in [0.5, 0.6) is 0 Å². The van der Waals surface area contributed by atoms with Gasteiger partial charge in [-0.25, -0.2) is 0 Å². The first kappa shape index (κ1) is 13.9. The highest BCUT2D eigenvalue weighted by molar-refractivity contribution is 4.70. The summed E-state index contributed by atoms with van der Waals surface area (Å²) in [6, 6.07) is 0.324. The van der Waals surface area contributed by atoms with E-state index in [1.165, 1.54) is 0 Å². The first-order valence-electron chi connectivity index (χ1n) is 6.30. The van der Waals surface area contributed by atoms with Crippen LogP contribution in [-0.2, 0) is 14.2 Å². The zero-order valence-electron chi connectivity index (χ0n) is 10.7. The molecule has 0 aliphatic carbocycles. The first-order chi connectivity index (χ1) is 7.72. The minimum Gasteiger partial charge on any atom is -0.377 e. The summed E-state index contributed by atoms with van der Waals surface area (Å²) in [4.78, 5) is 0. The van der Waals surface area contributed by atoms with Gasteiger partial charge in [0.05, 0.1) is 25.9 Å². The van der Waals surface area contributed by atoms with Crippen molar-refractivity contribution in [2.45, 2.75) is 52.0 Å². The third-order valence-electron chi connectivity index (χ3n) is 2.48. The van der Waals surface area contributed by atoms with Crippen LogP contribution >= 0.6 is 0 Å². The Balaban J connectivity index is 2.24. The molecule has 1 saturated heterocycles. The molecular weight excluding hydrogens is 206 g/mol. The molecule has 0 amide bonds. The van der Waals surface area contributed by atoms with Gasteiger partial charge in [-0.2, -0.15) is 0 Å². The Morgan fingerprint density at radius 1 is 1.31 bits per heavy atom. The van der Waals surface area contributed by atoms with Crippen molar-refractivity contribution in [1.29, 1.82) is 0 Å². The van der Waals surface area contributed by atoms with Crippen molar-refractivity contribution in [1.82, 2.24) is 5.32 Å². The Bertz CT molecular complexity index is 170. The van der Waals surface area contributed by atoms with E-state index < -0.39 is 0 Å². The van der Waals surface area contributed by atoms with Gasteiger partial charge >= 0.3 is 0 Å². The summed E-state index contributed by atoms with van der Waals surface area (Å²) in [5, 5.41) is 3.47. The number of nitrogens with one attached hydrogen (secondary N) is 1. The van der Waals surface area contributed by atoms with E-state index in [-0.39, 0.29) is 12.4 Å².